The lowest BCUT2D eigenvalue weighted by atomic mass is 9.89. The van der Waals surface area contributed by atoms with Crippen LogP contribution < -0.4 is 0 Å². The second-order valence-electron chi connectivity index (χ2n) is 8.99. The van der Waals surface area contributed by atoms with Gasteiger partial charge >= 0.3 is 0 Å². The van der Waals surface area contributed by atoms with Crippen molar-refractivity contribution in [3.05, 3.63) is 71.8 Å². The molecule has 0 aromatic heterocycles. The smallest absolute Gasteiger partial charge is 0.254 e. The molecule has 3 aliphatic rings. The zero-order valence-corrected chi connectivity index (χ0v) is 17.0. The Kier molecular flexibility index (Phi) is 5.15. The zero-order valence-electron chi connectivity index (χ0n) is 17.0. The van der Waals surface area contributed by atoms with Crippen LogP contribution in [0.25, 0.3) is 0 Å². The van der Waals surface area contributed by atoms with Crippen molar-refractivity contribution in [2.45, 2.75) is 43.9 Å². The Morgan fingerprint density at radius 3 is 2.28 bits per heavy atom. The first kappa shape index (κ1) is 18.8. The molecular weight excluding hydrogens is 360 g/mol. The van der Waals surface area contributed by atoms with Crippen molar-refractivity contribution in [3.63, 3.8) is 0 Å². The highest BCUT2D eigenvalue weighted by atomic mass is 16.5. The highest BCUT2D eigenvalue weighted by Gasteiger charge is 2.52. The minimum Gasteiger partial charge on any atom is -0.368 e. The number of amides is 1. The fourth-order valence-electron chi connectivity index (χ4n) is 4.93. The number of likely N-dealkylation sites (tertiary alicyclic amines) is 1. The van der Waals surface area contributed by atoms with Crippen LogP contribution in [0.15, 0.2) is 60.7 Å². The van der Waals surface area contributed by atoms with Gasteiger partial charge in [0, 0.05) is 18.7 Å². The molecular formula is C25H30N2O2. The van der Waals surface area contributed by atoms with E-state index in [-0.39, 0.29) is 17.6 Å². The average Bonchev–Trinajstić information content (AvgIpc) is 3.52. The topological polar surface area (TPSA) is 32.8 Å². The molecule has 5 rings (SSSR count). The fraction of sp³-hybridized carbons (Fsp3) is 0.480. The van der Waals surface area contributed by atoms with E-state index in [9.17, 15) is 4.79 Å². The predicted octanol–water partition coefficient (Wildman–Crippen LogP) is 3.97. The normalized spacial score (nSPS) is 24.6. The summed E-state index contributed by atoms with van der Waals surface area (Å²) in [6.45, 7) is 4.74. The molecule has 1 spiro atoms. The van der Waals surface area contributed by atoms with Gasteiger partial charge in [0.25, 0.3) is 5.91 Å². The molecule has 1 amide bonds. The number of hydrogen-bond donors (Lipinski definition) is 0. The Labute approximate surface area is 173 Å². The average molecular weight is 391 g/mol. The second kappa shape index (κ2) is 7.92. The number of benzene rings is 2. The van der Waals surface area contributed by atoms with Gasteiger partial charge in [0.05, 0.1) is 18.2 Å². The molecule has 0 bridgehead atoms. The van der Waals surface area contributed by atoms with E-state index in [4.69, 9.17) is 4.74 Å². The van der Waals surface area contributed by atoms with Gasteiger partial charge in [0.1, 0.15) is 0 Å². The standard InChI is InChI=1S/C25H30N2O2/c28-24(22-9-5-2-6-10-22)27-18-23(29-25(19-27)13-14-25)21-11-15-26(16-12-21)17-20-7-3-1-4-8-20/h1-10,21,23H,11-19H2/t23-/m0/s1. The minimum atomic E-state index is -0.0610. The van der Waals surface area contributed by atoms with E-state index in [0.717, 1.165) is 64.0 Å². The molecule has 1 atom stereocenters. The molecule has 2 saturated heterocycles. The molecule has 0 radical (unpaired) electrons. The first-order valence-corrected chi connectivity index (χ1v) is 11.0. The summed E-state index contributed by atoms with van der Waals surface area (Å²) in [5.74, 6) is 0.706. The second-order valence-corrected chi connectivity index (χ2v) is 8.99. The first-order chi connectivity index (χ1) is 14.2. The van der Waals surface area contributed by atoms with Crippen molar-refractivity contribution in [3.8, 4) is 0 Å². The van der Waals surface area contributed by atoms with Crippen LogP contribution in [-0.2, 0) is 11.3 Å². The molecule has 0 N–H and O–H groups in total. The highest BCUT2D eigenvalue weighted by Crippen LogP contribution is 2.46. The molecule has 0 unspecified atom stereocenters. The van der Waals surface area contributed by atoms with Crippen molar-refractivity contribution < 1.29 is 9.53 Å². The number of carbonyl (C=O) groups excluding carboxylic acids is 1. The minimum absolute atomic E-state index is 0.0610. The molecule has 3 fully saturated rings. The monoisotopic (exact) mass is 390 g/mol. The lowest BCUT2D eigenvalue weighted by Crippen LogP contribution is -2.54. The van der Waals surface area contributed by atoms with Crippen LogP contribution >= 0.6 is 0 Å². The molecule has 4 heteroatoms. The quantitative estimate of drug-likeness (QED) is 0.792. The molecule has 152 valence electrons. The molecule has 1 saturated carbocycles. The van der Waals surface area contributed by atoms with E-state index in [1.165, 1.54) is 5.56 Å². The van der Waals surface area contributed by atoms with Gasteiger partial charge in [0.15, 0.2) is 0 Å². The van der Waals surface area contributed by atoms with Crippen LogP contribution in [0, 0.1) is 5.92 Å². The molecule has 2 heterocycles. The predicted molar refractivity (Wildman–Crippen MR) is 114 cm³/mol. The maximum atomic E-state index is 13.1. The Morgan fingerprint density at radius 2 is 1.62 bits per heavy atom. The van der Waals surface area contributed by atoms with Gasteiger partial charge in [-0.15, -0.1) is 0 Å². The Morgan fingerprint density at radius 1 is 0.966 bits per heavy atom. The van der Waals surface area contributed by atoms with Crippen molar-refractivity contribution >= 4 is 5.91 Å². The lowest BCUT2D eigenvalue weighted by molar-refractivity contribution is -0.121. The van der Waals surface area contributed by atoms with E-state index in [1.54, 1.807) is 0 Å². The number of hydrogen-bond acceptors (Lipinski definition) is 3. The summed E-state index contributed by atoms with van der Waals surface area (Å²) in [4.78, 5) is 17.7. The third kappa shape index (κ3) is 4.24. The summed E-state index contributed by atoms with van der Waals surface area (Å²) >= 11 is 0. The number of ether oxygens (including phenoxy) is 1. The van der Waals surface area contributed by atoms with E-state index in [2.05, 4.69) is 40.1 Å². The van der Waals surface area contributed by atoms with Crippen molar-refractivity contribution in [2.24, 2.45) is 5.92 Å². The summed E-state index contributed by atoms with van der Waals surface area (Å²) < 4.78 is 6.58. The van der Waals surface area contributed by atoms with Crippen LogP contribution in [0.1, 0.15) is 41.6 Å². The van der Waals surface area contributed by atoms with Gasteiger partial charge in [-0.05, 0) is 62.4 Å². The van der Waals surface area contributed by atoms with E-state index in [1.807, 2.05) is 30.3 Å². The Bertz CT molecular complexity index is 826. The largest absolute Gasteiger partial charge is 0.368 e. The van der Waals surface area contributed by atoms with E-state index in [0.29, 0.717) is 5.92 Å². The number of rotatable bonds is 4. The molecule has 1 aliphatic carbocycles. The molecule has 2 aromatic rings. The van der Waals surface area contributed by atoms with Crippen molar-refractivity contribution in [1.29, 1.82) is 0 Å². The number of morpholine rings is 1. The summed E-state index contributed by atoms with van der Waals surface area (Å²) in [6, 6.07) is 20.4. The number of piperidine rings is 1. The van der Waals surface area contributed by atoms with Crippen LogP contribution in [0.2, 0.25) is 0 Å². The molecule has 4 nitrogen and oxygen atoms in total. The summed E-state index contributed by atoms with van der Waals surface area (Å²) in [5, 5.41) is 0. The fourth-order valence-corrected chi connectivity index (χ4v) is 4.93. The van der Waals surface area contributed by atoms with Gasteiger partial charge < -0.3 is 9.64 Å². The third-order valence-electron chi connectivity index (χ3n) is 6.80. The van der Waals surface area contributed by atoms with Crippen molar-refractivity contribution in [1.82, 2.24) is 9.80 Å². The van der Waals surface area contributed by atoms with Crippen LogP contribution in [0.5, 0.6) is 0 Å². The lowest BCUT2D eigenvalue weighted by Gasteiger charge is -2.44. The Balaban J connectivity index is 1.21. The van der Waals surface area contributed by atoms with Crippen molar-refractivity contribution in [2.75, 3.05) is 26.2 Å². The summed E-state index contributed by atoms with van der Waals surface area (Å²) in [6.07, 6.45) is 4.67. The first-order valence-electron chi connectivity index (χ1n) is 11.0. The third-order valence-corrected chi connectivity index (χ3v) is 6.80. The van der Waals surface area contributed by atoms with Gasteiger partial charge in [0.2, 0.25) is 0 Å². The van der Waals surface area contributed by atoms with Gasteiger partial charge in [-0.25, -0.2) is 0 Å². The molecule has 2 aliphatic heterocycles. The maximum Gasteiger partial charge on any atom is 0.254 e. The maximum absolute atomic E-state index is 13.1. The molecule has 2 aromatic carbocycles. The summed E-state index contributed by atoms with van der Waals surface area (Å²) in [5.41, 5.74) is 2.12. The van der Waals surface area contributed by atoms with E-state index >= 15 is 0 Å². The van der Waals surface area contributed by atoms with Crippen LogP contribution in [0.3, 0.4) is 0 Å². The highest BCUT2D eigenvalue weighted by molar-refractivity contribution is 5.94. The Hall–Kier alpha value is -2.17. The number of carbonyl (C=O) groups is 1. The summed E-state index contributed by atoms with van der Waals surface area (Å²) in [7, 11) is 0. The van der Waals surface area contributed by atoms with Crippen LogP contribution in [0.4, 0.5) is 0 Å². The van der Waals surface area contributed by atoms with Gasteiger partial charge in [-0.2, -0.15) is 0 Å². The molecule has 29 heavy (non-hydrogen) atoms. The van der Waals surface area contributed by atoms with Gasteiger partial charge in [-0.1, -0.05) is 48.5 Å². The van der Waals surface area contributed by atoms with Crippen LogP contribution in [-0.4, -0.2) is 53.6 Å². The zero-order chi connectivity index (χ0) is 19.7. The number of nitrogens with zero attached hydrogens (tertiary/aromatic N) is 2. The van der Waals surface area contributed by atoms with Gasteiger partial charge in [-0.3, -0.25) is 9.69 Å². The van der Waals surface area contributed by atoms with E-state index < -0.39 is 0 Å². The SMILES string of the molecule is O=C(c1ccccc1)N1C[C@@H](C2CCN(Cc3ccccc3)CC2)OC2(CC2)C1.